The Kier molecular flexibility index (Phi) is 6.51. The molecule has 3 amide bonds. The van der Waals surface area contributed by atoms with Gasteiger partial charge in [0.2, 0.25) is 5.91 Å². The minimum atomic E-state index is -1.13. The summed E-state index contributed by atoms with van der Waals surface area (Å²) in [7, 11) is 0. The van der Waals surface area contributed by atoms with E-state index in [1.54, 1.807) is 11.3 Å². The number of carbonyl (C=O) groups excluding carboxylic acids is 2. The maximum atomic E-state index is 11.5. The standard InChI is InChI=1S/C12H17N3O4S/c1-2-8-3-4-20-9(8)5-14-12(19)15-6-10(16)13-7-11(17)18/h3-4H,2,5-7H2,1H3,(H,13,16)(H,17,18)(H2,14,15,19). The summed E-state index contributed by atoms with van der Waals surface area (Å²) >= 11 is 1.56. The van der Waals surface area contributed by atoms with Crippen LogP contribution in [-0.2, 0) is 22.6 Å². The Morgan fingerprint density at radius 1 is 1.20 bits per heavy atom. The Bertz CT molecular complexity index is 487. The first-order valence-corrected chi connectivity index (χ1v) is 6.96. The molecule has 8 heteroatoms. The molecule has 0 saturated carbocycles. The number of urea groups is 1. The first-order chi connectivity index (χ1) is 9.52. The van der Waals surface area contributed by atoms with Crippen molar-refractivity contribution in [1.82, 2.24) is 16.0 Å². The molecule has 20 heavy (non-hydrogen) atoms. The highest BCUT2D eigenvalue weighted by Crippen LogP contribution is 2.16. The van der Waals surface area contributed by atoms with E-state index in [4.69, 9.17) is 5.11 Å². The van der Waals surface area contributed by atoms with Gasteiger partial charge >= 0.3 is 12.0 Å². The molecule has 0 aromatic carbocycles. The van der Waals surface area contributed by atoms with Gasteiger partial charge in [-0.25, -0.2) is 4.79 Å². The topological polar surface area (TPSA) is 108 Å². The molecular formula is C12H17N3O4S. The van der Waals surface area contributed by atoms with Crippen molar-refractivity contribution in [2.75, 3.05) is 13.1 Å². The van der Waals surface area contributed by atoms with Crippen LogP contribution >= 0.6 is 11.3 Å². The van der Waals surface area contributed by atoms with E-state index in [0.29, 0.717) is 6.54 Å². The number of hydrogen-bond acceptors (Lipinski definition) is 4. The van der Waals surface area contributed by atoms with Crippen LogP contribution in [0.15, 0.2) is 11.4 Å². The highest BCUT2D eigenvalue weighted by atomic mass is 32.1. The van der Waals surface area contributed by atoms with E-state index in [1.165, 1.54) is 5.56 Å². The van der Waals surface area contributed by atoms with Gasteiger partial charge in [-0.15, -0.1) is 11.3 Å². The summed E-state index contributed by atoms with van der Waals surface area (Å²) in [6.45, 7) is 1.73. The van der Waals surface area contributed by atoms with Crippen molar-refractivity contribution in [3.8, 4) is 0 Å². The summed E-state index contributed by atoms with van der Waals surface area (Å²) < 4.78 is 0. The summed E-state index contributed by atoms with van der Waals surface area (Å²) in [6.07, 6.45) is 0.903. The van der Waals surface area contributed by atoms with Gasteiger partial charge in [0, 0.05) is 4.88 Å². The highest BCUT2D eigenvalue weighted by molar-refractivity contribution is 7.10. The van der Waals surface area contributed by atoms with Crippen molar-refractivity contribution in [2.24, 2.45) is 0 Å². The van der Waals surface area contributed by atoms with E-state index >= 15 is 0 Å². The summed E-state index contributed by atoms with van der Waals surface area (Å²) in [5.41, 5.74) is 1.19. The zero-order valence-corrected chi connectivity index (χ0v) is 11.9. The Morgan fingerprint density at radius 2 is 1.95 bits per heavy atom. The quantitative estimate of drug-likeness (QED) is 0.581. The monoisotopic (exact) mass is 299 g/mol. The van der Waals surface area contributed by atoms with E-state index in [-0.39, 0.29) is 6.54 Å². The van der Waals surface area contributed by atoms with Crippen LogP contribution in [0, 0.1) is 0 Å². The molecule has 1 rings (SSSR count). The number of aryl methyl sites for hydroxylation is 1. The predicted octanol–water partition coefficient (Wildman–Crippen LogP) is 0.311. The zero-order valence-electron chi connectivity index (χ0n) is 11.1. The fraction of sp³-hybridized carbons (Fsp3) is 0.417. The van der Waals surface area contributed by atoms with Crippen molar-refractivity contribution in [3.05, 3.63) is 21.9 Å². The second-order valence-electron chi connectivity index (χ2n) is 3.93. The zero-order chi connectivity index (χ0) is 15.0. The Balaban J connectivity index is 2.24. The average molecular weight is 299 g/mol. The molecule has 0 spiro atoms. The van der Waals surface area contributed by atoms with Gasteiger partial charge in [-0.1, -0.05) is 6.92 Å². The van der Waals surface area contributed by atoms with Crippen LogP contribution in [0.3, 0.4) is 0 Å². The van der Waals surface area contributed by atoms with Crippen LogP contribution < -0.4 is 16.0 Å². The third-order valence-corrected chi connectivity index (χ3v) is 3.44. The molecule has 0 unspecified atom stereocenters. The number of hydrogen-bond donors (Lipinski definition) is 4. The lowest BCUT2D eigenvalue weighted by molar-refractivity contribution is -0.137. The molecule has 4 N–H and O–H groups in total. The van der Waals surface area contributed by atoms with Crippen LogP contribution in [0.25, 0.3) is 0 Å². The number of amides is 3. The molecule has 1 heterocycles. The SMILES string of the molecule is CCc1ccsc1CNC(=O)NCC(=O)NCC(=O)O. The summed E-state index contributed by atoms with van der Waals surface area (Å²) in [6, 6.07) is 1.55. The van der Waals surface area contributed by atoms with Crippen molar-refractivity contribution in [2.45, 2.75) is 19.9 Å². The molecule has 0 atom stereocenters. The lowest BCUT2D eigenvalue weighted by atomic mass is 10.2. The van der Waals surface area contributed by atoms with Gasteiger partial charge in [-0.2, -0.15) is 0 Å². The summed E-state index contributed by atoms with van der Waals surface area (Å²) in [4.78, 5) is 33.9. The van der Waals surface area contributed by atoms with E-state index in [2.05, 4.69) is 16.0 Å². The molecule has 7 nitrogen and oxygen atoms in total. The van der Waals surface area contributed by atoms with Crippen molar-refractivity contribution < 1.29 is 19.5 Å². The van der Waals surface area contributed by atoms with Gasteiger partial charge in [-0.05, 0) is 23.4 Å². The molecule has 0 aliphatic heterocycles. The van der Waals surface area contributed by atoms with Crippen molar-refractivity contribution in [1.29, 1.82) is 0 Å². The number of carboxylic acids is 1. The lowest BCUT2D eigenvalue weighted by Crippen LogP contribution is -2.42. The normalized spacial score (nSPS) is 9.85. The third-order valence-electron chi connectivity index (χ3n) is 2.47. The highest BCUT2D eigenvalue weighted by Gasteiger charge is 2.08. The van der Waals surface area contributed by atoms with Crippen molar-refractivity contribution >= 4 is 29.2 Å². The third kappa shape index (κ3) is 5.70. The molecular weight excluding hydrogens is 282 g/mol. The second kappa shape index (κ2) is 8.16. The molecule has 0 radical (unpaired) electrons. The Morgan fingerprint density at radius 3 is 2.60 bits per heavy atom. The predicted molar refractivity (Wildman–Crippen MR) is 74.6 cm³/mol. The minimum absolute atomic E-state index is 0.260. The number of nitrogens with one attached hydrogen (secondary N) is 3. The Labute approximate surface area is 120 Å². The smallest absolute Gasteiger partial charge is 0.322 e. The van der Waals surface area contributed by atoms with Crippen LogP contribution in [0.2, 0.25) is 0 Å². The van der Waals surface area contributed by atoms with Gasteiger partial charge < -0.3 is 21.1 Å². The number of rotatable bonds is 7. The number of aliphatic carboxylic acids is 1. The summed E-state index contributed by atoms with van der Waals surface area (Å²) in [5.74, 6) is -1.68. The van der Waals surface area contributed by atoms with Crippen LogP contribution in [0.5, 0.6) is 0 Å². The van der Waals surface area contributed by atoms with Gasteiger partial charge in [0.15, 0.2) is 0 Å². The fourth-order valence-corrected chi connectivity index (χ4v) is 2.37. The molecule has 0 saturated heterocycles. The van der Waals surface area contributed by atoms with Crippen LogP contribution in [0.1, 0.15) is 17.4 Å². The molecule has 0 bridgehead atoms. The van der Waals surface area contributed by atoms with E-state index in [1.807, 2.05) is 18.4 Å². The van der Waals surface area contributed by atoms with Crippen LogP contribution in [-0.4, -0.2) is 36.1 Å². The molecule has 0 fully saturated rings. The lowest BCUT2D eigenvalue weighted by Gasteiger charge is -2.07. The van der Waals surface area contributed by atoms with Crippen LogP contribution in [0.4, 0.5) is 4.79 Å². The number of thiophene rings is 1. The van der Waals surface area contributed by atoms with E-state index < -0.39 is 24.5 Å². The second-order valence-corrected chi connectivity index (χ2v) is 4.93. The average Bonchev–Trinajstić information content (AvgIpc) is 2.87. The molecule has 1 aromatic rings. The van der Waals surface area contributed by atoms with Gasteiger partial charge in [0.05, 0.1) is 13.1 Å². The first kappa shape index (κ1) is 16.0. The first-order valence-electron chi connectivity index (χ1n) is 6.08. The van der Waals surface area contributed by atoms with E-state index in [0.717, 1.165) is 11.3 Å². The number of carboxylic acid groups (broad SMARTS) is 1. The maximum Gasteiger partial charge on any atom is 0.322 e. The van der Waals surface area contributed by atoms with E-state index in [9.17, 15) is 14.4 Å². The molecule has 110 valence electrons. The van der Waals surface area contributed by atoms with Gasteiger partial charge in [-0.3, -0.25) is 9.59 Å². The minimum Gasteiger partial charge on any atom is -0.480 e. The summed E-state index contributed by atoms with van der Waals surface area (Å²) in [5, 5.41) is 17.5. The fourth-order valence-electron chi connectivity index (χ4n) is 1.46. The van der Waals surface area contributed by atoms with Gasteiger partial charge in [0.1, 0.15) is 6.54 Å². The molecule has 0 aliphatic carbocycles. The van der Waals surface area contributed by atoms with Crippen molar-refractivity contribution in [3.63, 3.8) is 0 Å². The van der Waals surface area contributed by atoms with Gasteiger partial charge in [0.25, 0.3) is 0 Å². The molecule has 0 aliphatic rings. The maximum absolute atomic E-state index is 11.5. The Hall–Kier alpha value is -2.09. The number of carbonyl (C=O) groups is 3. The molecule has 1 aromatic heterocycles. The largest absolute Gasteiger partial charge is 0.480 e.